The van der Waals surface area contributed by atoms with Crippen LogP contribution in [0, 0.1) is 22.5 Å². The number of pyridine rings is 1. The molecule has 5 aromatic rings. The number of rotatable bonds is 11. The number of aryl methyl sites for hydroxylation is 1. The highest BCUT2D eigenvalue weighted by Crippen LogP contribution is 2.45. The predicted octanol–water partition coefficient (Wildman–Crippen LogP) is 8.54. The first-order valence-electron chi connectivity index (χ1n) is 19.1. The van der Waals surface area contributed by atoms with E-state index in [-0.39, 0.29) is 22.4 Å². The van der Waals surface area contributed by atoms with Crippen molar-refractivity contribution in [2.75, 3.05) is 50.0 Å². The molecule has 0 unspecified atom stereocenters. The second-order valence-electron chi connectivity index (χ2n) is 15.7. The summed E-state index contributed by atoms with van der Waals surface area (Å²) in [5.74, 6) is -0.634. The molecule has 2 aromatic heterocycles. The smallest absolute Gasteiger partial charge is 0.416 e. The number of carbonyl (C=O) groups is 1. The van der Waals surface area contributed by atoms with Crippen LogP contribution in [0.15, 0.2) is 89.6 Å². The summed E-state index contributed by atoms with van der Waals surface area (Å²) in [4.78, 5) is 36.0. The summed E-state index contributed by atoms with van der Waals surface area (Å²) < 4.78 is 75.5. The number of aromatic nitrogens is 2. The molecule has 3 heterocycles. The lowest BCUT2D eigenvalue weighted by Crippen LogP contribution is -2.47. The number of amides is 1. The molecule has 0 bridgehead atoms. The molecule has 0 atom stereocenters. The van der Waals surface area contributed by atoms with Crippen LogP contribution in [-0.4, -0.2) is 73.9 Å². The second-order valence-corrected chi connectivity index (χ2v) is 17.4. The van der Waals surface area contributed by atoms with Gasteiger partial charge in [-0.15, -0.1) is 0 Å². The fraction of sp³-hybridized carbons (Fsp3) is 0.333. The Balaban J connectivity index is 1.12. The van der Waals surface area contributed by atoms with Crippen molar-refractivity contribution in [2.45, 2.75) is 51.1 Å². The van der Waals surface area contributed by atoms with Crippen molar-refractivity contribution in [1.82, 2.24) is 19.6 Å². The van der Waals surface area contributed by atoms with Crippen LogP contribution in [0.25, 0.3) is 16.6 Å². The zero-order valence-corrected chi connectivity index (χ0v) is 33.8. The van der Waals surface area contributed by atoms with Gasteiger partial charge in [0.15, 0.2) is 0 Å². The maximum atomic E-state index is 13.7. The first-order chi connectivity index (χ1) is 27.9. The van der Waals surface area contributed by atoms with Gasteiger partial charge in [0.2, 0.25) is 0 Å². The van der Waals surface area contributed by atoms with E-state index in [1.54, 1.807) is 37.4 Å². The highest BCUT2D eigenvalue weighted by atomic mass is 32.2. The maximum Gasteiger partial charge on any atom is 0.416 e. The van der Waals surface area contributed by atoms with Gasteiger partial charge in [-0.05, 0) is 96.8 Å². The van der Waals surface area contributed by atoms with Crippen molar-refractivity contribution in [3.8, 4) is 11.5 Å². The maximum absolute atomic E-state index is 13.7. The van der Waals surface area contributed by atoms with Crippen LogP contribution < -0.4 is 19.7 Å². The zero-order chi connectivity index (χ0) is 42.3. The number of H-pyrrole nitrogens is 1. The fourth-order valence-corrected chi connectivity index (χ4v) is 8.75. The van der Waals surface area contributed by atoms with Crippen molar-refractivity contribution in [3.63, 3.8) is 0 Å². The van der Waals surface area contributed by atoms with Gasteiger partial charge in [-0.1, -0.05) is 25.5 Å². The fourth-order valence-electron chi connectivity index (χ4n) is 7.76. The molecule has 17 heteroatoms. The number of allylic oxidation sites excluding steroid dienone is 1. The van der Waals surface area contributed by atoms with Gasteiger partial charge in [-0.2, -0.15) is 13.2 Å². The number of benzene rings is 3. The molecule has 0 spiro atoms. The number of ether oxygens (including phenoxy) is 1. The highest BCUT2D eigenvalue weighted by Gasteiger charge is 2.33. The Labute approximate surface area is 339 Å². The molecule has 310 valence electrons. The first-order valence-corrected chi connectivity index (χ1v) is 20.5. The van der Waals surface area contributed by atoms with E-state index in [0.29, 0.717) is 49.7 Å². The van der Waals surface area contributed by atoms with Crippen molar-refractivity contribution >= 4 is 49.6 Å². The van der Waals surface area contributed by atoms with Gasteiger partial charge < -0.3 is 19.9 Å². The molecule has 13 nitrogen and oxygen atoms in total. The van der Waals surface area contributed by atoms with Crippen LogP contribution in [0.3, 0.4) is 0 Å². The van der Waals surface area contributed by atoms with Gasteiger partial charge in [0.1, 0.15) is 22.8 Å². The average molecular weight is 832 g/mol. The normalized spacial score (nSPS) is 16.3. The third kappa shape index (κ3) is 9.05. The largest absolute Gasteiger partial charge is 0.455 e. The number of nitro benzene ring substituents is 1. The molecule has 3 aromatic carbocycles. The van der Waals surface area contributed by atoms with Gasteiger partial charge in [-0.25, -0.2) is 18.1 Å². The van der Waals surface area contributed by atoms with Crippen LogP contribution in [0.2, 0.25) is 0 Å². The summed E-state index contributed by atoms with van der Waals surface area (Å²) in [5.41, 5.74) is 4.09. The molecule has 7 rings (SSSR count). The Hall–Kier alpha value is -5.94. The van der Waals surface area contributed by atoms with Crippen molar-refractivity contribution in [2.24, 2.45) is 5.41 Å². The summed E-state index contributed by atoms with van der Waals surface area (Å²) >= 11 is 0. The molecule has 1 saturated heterocycles. The number of sulfonamides is 1. The van der Waals surface area contributed by atoms with Crippen LogP contribution in [-0.2, 0) is 16.2 Å². The number of carbonyl (C=O) groups excluding carboxylic acids is 1. The molecule has 1 aliphatic heterocycles. The van der Waals surface area contributed by atoms with Crippen LogP contribution in [0.4, 0.5) is 30.2 Å². The number of piperazine rings is 1. The van der Waals surface area contributed by atoms with Gasteiger partial charge in [0, 0.05) is 69.2 Å². The molecule has 1 fully saturated rings. The molecule has 1 aliphatic carbocycles. The summed E-state index contributed by atoms with van der Waals surface area (Å²) in [6.45, 7) is 9.44. The van der Waals surface area contributed by atoms with E-state index in [1.807, 2.05) is 10.8 Å². The lowest BCUT2D eigenvalue weighted by molar-refractivity contribution is -0.384. The second kappa shape index (κ2) is 16.0. The van der Waals surface area contributed by atoms with Crippen molar-refractivity contribution in [1.29, 1.82) is 0 Å². The van der Waals surface area contributed by atoms with Gasteiger partial charge in [0.25, 0.3) is 21.6 Å². The zero-order valence-electron chi connectivity index (χ0n) is 32.9. The van der Waals surface area contributed by atoms with E-state index >= 15 is 0 Å². The minimum absolute atomic E-state index is 0.0157. The molecule has 2 aliphatic rings. The Morgan fingerprint density at radius 2 is 1.80 bits per heavy atom. The van der Waals surface area contributed by atoms with E-state index in [2.05, 4.69) is 38.9 Å². The summed E-state index contributed by atoms with van der Waals surface area (Å²) in [7, 11) is -3.09. The van der Waals surface area contributed by atoms with Crippen LogP contribution >= 0.6 is 0 Å². The molecular weight excluding hydrogens is 788 g/mol. The summed E-state index contributed by atoms with van der Waals surface area (Å²) in [6.07, 6.45) is 1.39. The van der Waals surface area contributed by atoms with E-state index < -0.39 is 43.2 Å². The number of nitrogens with one attached hydrogen (secondary N) is 3. The standard InChI is InChI=1S/C42H44F3N7O6S/c1-26-19-29(42(43,44)45)5-8-33(26)35-23-41(2,3)13-11-28(35)25-50-15-17-51(18-16-50)30-6-9-34(38(21-30)58-31-20-27-12-14-47-39(27)48-24-31)40(53)49-59(56,57)32-7-10-36(46-4)37(22-32)52(54)55/h5-10,12,14,19-22,24,46H,11,13,15-18,23,25H2,1-4H3,(H,47,48)(H,49,53). The molecule has 3 N–H and O–H groups in total. The topological polar surface area (TPSA) is 163 Å². The molecule has 0 saturated carbocycles. The number of halogens is 3. The number of nitro groups is 1. The first kappa shape index (κ1) is 41.2. The highest BCUT2D eigenvalue weighted by molar-refractivity contribution is 7.90. The lowest BCUT2D eigenvalue weighted by atomic mass is 9.72. The monoisotopic (exact) mass is 831 g/mol. The van der Waals surface area contributed by atoms with E-state index in [4.69, 9.17) is 4.74 Å². The van der Waals surface area contributed by atoms with Crippen LogP contribution in [0.5, 0.6) is 11.5 Å². The number of anilines is 2. The van der Waals surface area contributed by atoms with Gasteiger partial charge in [0.05, 0.1) is 27.1 Å². The van der Waals surface area contributed by atoms with Crippen molar-refractivity contribution in [3.05, 3.63) is 117 Å². The Bertz CT molecular complexity index is 2580. The van der Waals surface area contributed by atoms with Gasteiger partial charge >= 0.3 is 6.18 Å². The quantitative estimate of drug-likeness (QED) is 0.0869. The number of hydrogen-bond donors (Lipinski definition) is 3. The molecule has 1 amide bonds. The number of hydrogen-bond acceptors (Lipinski definition) is 10. The van der Waals surface area contributed by atoms with Crippen molar-refractivity contribution < 1.29 is 36.0 Å². The number of aromatic amines is 1. The third-order valence-electron chi connectivity index (χ3n) is 11.0. The summed E-state index contributed by atoms with van der Waals surface area (Å²) in [5, 5.41) is 15.0. The van der Waals surface area contributed by atoms with E-state index in [1.165, 1.54) is 43.1 Å². The average Bonchev–Trinajstić information content (AvgIpc) is 3.66. The number of alkyl halides is 3. The molecule has 59 heavy (non-hydrogen) atoms. The third-order valence-corrected chi connectivity index (χ3v) is 12.3. The number of nitrogens with zero attached hydrogens (tertiary/aromatic N) is 4. The lowest BCUT2D eigenvalue weighted by Gasteiger charge is -2.39. The Kier molecular flexibility index (Phi) is 11.2. The minimum atomic E-state index is -4.56. The Morgan fingerprint density at radius 3 is 2.49 bits per heavy atom. The van der Waals surface area contributed by atoms with Crippen LogP contribution in [0.1, 0.15) is 60.2 Å². The van der Waals surface area contributed by atoms with E-state index in [9.17, 15) is 36.5 Å². The molecule has 0 radical (unpaired) electrons. The Morgan fingerprint density at radius 1 is 1.03 bits per heavy atom. The van der Waals surface area contributed by atoms with E-state index in [0.717, 1.165) is 53.6 Å². The van der Waals surface area contributed by atoms with Gasteiger partial charge in [-0.3, -0.25) is 19.8 Å². The SMILES string of the molecule is CNc1ccc(S(=O)(=O)NC(=O)c2ccc(N3CCN(CC4=C(c5ccc(C(F)(F)F)cc5C)CC(C)(C)CC4)CC3)cc2Oc2cnc3[nH]ccc3c2)cc1[N+](=O)[O-]. The number of fused-ring (bicyclic) bond motifs is 1. The summed E-state index contributed by atoms with van der Waals surface area (Å²) in [6, 6.07) is 15.7. The predicted molar refractivity (Wildman–Crippen MR) is 219 cm³/mol. The minimum Gasteiger partial charge on any atom is -0.455 e. The molecular formula is C42H44F3N7O6S.